The van der Waals surface area contributed by atoms with E-state index >= 15 is 0 Å². The van der Waals surface area contributed by atoms with Gasteiger partial charge in [0.2, 0.25) is 0 Å². The van der Waals surface area contributed by atoms with Crippen LogP contribution in [0.5, 0.6) is 0 Å². The Labute approximate surface area is 162 Å². The lowest BCUT2D eigenvalue weighted by Gasteiger charge is -2.18. The Morgan fingerprint density at radius 1 is 1.07 bits per heavy atom. The summed E-state index contributed by atoms with van der Waals surface area (Å²) in [6.45, 7) is 6.02. The van der Waals surface area contributed by atoms with Crippen LogP contribution >= 0.6 is 11.3 Å². The second-order valence-corrected chi connectivity index (χ2v) is 7.55. The van der Waals surface area contributed by atoms with E-state index in [0.29, 0.717) is 11.3 Å². The van der Waals surface area contributed by atoms with E-state index in [9.17, 15) is 9.59 Å². The molecule has 4 rings (SSSR count). The normalized spacial score (nSPS) is 17.2. The van der Waals surface area contributed by atoms with Crippen molar-refractivity contribution in [1.29, 1.82) is 0 Å². The number of imide groups is 1. The number of hydrogen-bond acceptors (Lipinski definition) is 5. The Balaban J connectivity index is 1.63. The standard InChI is InChI=1S/C21H21N3O2S/c1-2-11-24-20(25)18(17-6-5-14-27-17)19(21(24)26)22-15-7-9-16(10-8-15)23-12-3-4-13-23/h2,5-10,14,22H,1,3-4,11-13H2. The van der Waals surface area contributed by atoms with Gasteiger partial charge in [0.1, 0.15) is 5.70 Å². The molecule has 5 nitrogen and oxygen atoms in total. The molecule has 2 aliphatic heterocycles. The average Bonchev–Trinajstić information content (AvgIpc) is 3.42. The monoisotopic (exact) mass is 379 g/mol. The van der Waals surface area contributed by atoms with Crippen LogP contribution in [0.2, 0.25) is 0 Å². The van der Waals surface area contributed by atoms with Gasteiger partial charge in [-0.05, 0) is 48.6 Å². The Morgan fingerprint density at radius 2 is 1.81 bits per heavy atom. The Morgan fingerprint density at radius 3 is 2.44 bits per heavy atom. The molecule has 1 N–H and O–H groups in total. The maximum atomic E-state index is 12.8. The molecule has 0 unspecified atom stereocenters. The molecule has 1 aromatic heterocycles. The van der Waals surface area contributed by atoms with Gasteiger partial charge in [0.15, 0.2) is 0 Å². The van der Waals surface area contributed by atoms with E-state index in [1.807, 2.05) is 29.6 Å². The molecule has 0 aliphatic carbocycles. The Hall–Kier alpha value is -2.86. The number of carbonyl (C=O) groups excluding carboxylic acids is 2. The van der Waals surface area contributed by atoms with Gasteiger partial charge in [-0.1, -0.05) is 12.1 Å². The first-order chi connectivity index (χ1) is 13.2. The summed E-state index contributed by atoms with van der Waals surface area (Å²) >= 11 is 1.45. The zero-order valence-corrected chi connectivity index (χ0v) is 15.8. The zero-order chi connectivity index (χ0) is 18.8. The summed E-state index contributed by atoms with van der Waals surface area (Å²) in [6, 6.07) is 11.8. The van der Waals surface area contributed by atoms with Crippen molar-refractivity contribution < 1.29 is 9.59 Å². The number of thiophene rings is 1. The lowest BCUT2D eigenvalue weighted by atomic mass is 10.2. The van der Waals surface area contributed by atoms with Crippen LogP contribution in [0.15, 0.2) is 60.1 Å². The number of nitrogens with one attached hydrogen (secondary N) is 1. The minimum atomic E-state index is -0.313. The average molecular weight is 379 g/mol. The van der Waals surface area contributed by atoms with Gasteiger partial charge in [-0.2, -0.15) is 0 Å². The second kappa shape index (κ2) is 7.40. The fourth-order valence-electron chi connectivity index (χ4n) is 3.51. The van der Waals surface area contributed by atoms with Crippen molar-refractivity contribution in [1.82, 2.24) is 4.90 Å². The van der Waals surface area contributed by atoms with Crippen LogP contribution in [-0.2, 0) is 9.59 Å². The molecule has 0 atom stereocenters. The maximum absolute atomic E-state index is 12.8. The van der Waals surface area contributed by atoms with Gasteiger partial charge in [0.25, 0.3) is 11.8 Å². The summed E-state index contributed by atoms with van der Waals surface area (Å²) in [7, 11) is 0. The predicted molar refractivity (Wildman–Crippen MR) is 110 cm³/mol. The van der Waals surface area contributed by atoms with Crippen molar-refractivity contribution in [2.75, 3.05) is 29.9 Å². The number of amides is 2. The van der Waals surface area contributed by atoms with Gasteiger partial charge >= 0.3 is 0 Å². The molecule has 2 aliphatic rings. The number of benzene rings is 1. The molecule has 138 valence electrons. The van der Waals surface area contributed by atoms with Crippen LogP contribution in [-0.4, -0.2) is 36.3 Å². The van der Waals surface area contributed by atoms with E-state index < -0.39 is 0 Å². The molecule has 0 spiro atoms. The van der Waals surface area contributed by atoms with Gasteiger partial charge < -0.3 is 10.2 Å². The third-order valence-corrected chi connectivity index (χ3v) is 5.74. The van der Waals surface area contributed by atoms with E-state index in [-0.39, 0.29) is 18.4 Å². The Bertz CT molecular complexity index is 894. The van der Waals surface area contributed by atoms with Gasteiger partial charge in [-0.25, -0.2) is 0 Å². The highest BCUT2D eigenvalue weighted by atomic mass is 32.1. The molecule has 6 heteroatoms. The lowest BCUT2D eigenvalue weighted by molar-refractivity contribution is -0.136. The topological polar surface area (TPSA) is 52.7 Å². The van der Waals surface area contributed by atoms with Gasteiger partial charge in [0.05, 0.1) is 5.57 Å². The van der Waals surface area contributed by atoms with E-state index in [2.05, 4.69) is 28.9 Å². The highest BCUT2D eigenvalue weighted by Gasteiger charge is 2.38. The smallest absolute Gasteiger partial charge is 0.278 e. The number of anilines is 2. The minimum Gasteiger partial charge on any atom is -0.372 e. The summed E-state index contributed by atoms with van der Waals surface area (Å²) in [5, 5.41) is 5.09. The summed E-state index contributed by atoms with van der Waals surface area (Å²) in [6.07, 6.45) is 4.02. The highest BCUT2D eigenvalue weighted by Crippen LogP contribution is 2.33. The van der Waals surface area contributed by atoms with Gasteiger partial charge in [-0.15, -0.1) is 17.9 Å². The van der Waals surface area contributed by atoms with Crippen molar-refractivity contribution >= 4 is 40.1 Å². The number of hydrogen-bond donors (Lipinski definition) is 1. The predicted octanol–water partition coefficient (Wildman–Crippen LogP) is 3.73. The zero-order valence-electron chi connectivity index (χ0n) is 15.0. The van der Waals surface area contributed by atoms with Crippen molar-refractivity contribution in [3.8, 4) is 0 Å². The molecule has 0 radical (unpaired) electrons. The van der Waals surface area contributed by atoms with Gasteiger partial charge in [-0.3, -0.25) is 14.5 Å². The second-order valence-electron chi connectivity index (χ2n) is 6.60. The third kappa shape index (κ3) is 3.28. The summed E-state index contributed by atoms with van der Waals surface area (Å²) in [5.41, 5.74) is 2.75. The quantitative estimate of drug-likeness (QED) is 0.614. The molecular formula is C21H21N3O2S. The van der Waals surface area contributed by atoms with Crippen LogP contribution in [0.1, 0.15) is 17.7 Å². The molecule has 2 aromatic rings. The molecule has 3 heterocycles. The molecule has 0 bridgehead atoms. The van der Waals surface area contributed by atoms with Crippen LogP contribution in [0.4, 0.5) is 11.4 Å². The summed E-state index contributed by atoms with van der Waals surface area (Å²) in [4.78, 5) is 30.0. The van der Waals surface area contributed by atoms with Crippen LogP contribution < -0.4 is 10.2 Å². The summed E-state index contributed by atoms with van der Waals surface area (Å²) < 4.78 is 0. The van der Waals surface area contributed by atoms with Crippen LogP contribution in [0.3, 0.4) is 0 Å². The third-order valence-electron chi connectivity index (χ3n) is 4.86. The minimum absolute atomic E-state index is 0.200. The van der Waals surface area contributed by atoms with E-state index in [1.54, 1.807) is 6.08 Å². The van der Waals surface area contributed by atoms with E-state index in [4.69, 9.17) is 0 Å². The molecule has 1 saturated heterocycles. The van der Waals surface area contributed by atoms with Crippen LogP contribution in [0.25, 0.3) is 5.57 Å². The SMILES string of the molecule is C=CCN1C(=O)C(Nc2ccc(N3CCCC3)cc2)=C(c2cccs2)C1=O. The molecule has 1 fully saturated rings. The first-order valence-electron chi connectivity index (χ1n) is 9.06. The largest absolute Gasteiger partial charge is 0.372 e. The Kier molecular flexibility index (Phi) is 4.81. The van der Waals surface area contributed by atoms with Crippen molar-refractivity contribution in [3.63, 3.8) is 0 Å². The molecule has 27 heavy (non-hydrogen) atoms. The maximum Gasteiger partial charge on any atom is 0.278 e. The van der Waals surface area contributed by atoms with E-state index in [0.717, 1.165) is 23.7 Å². The van der Waals surface area contributed by atoms with Crippen molar-refractivity contribution in [2.24, 2.45) is 0 Å². The van der Waals surface area contributed by atoms with Crippen molar-refractivity contribution in [3.05, 3.63) is 65.0 Å². The first kappa shape index (κ1) is 17.5. The molecule has 2 amide bonds. The van der Waals surface area contributed by atoms with E-state index in [1.165, 1.54) is 34.8 Å². The number of nitrogens with zero attached hydrogens (tertiary/aromatic N) is 2. The van der Waals surface area contributed by atoms with Crippen LogP contribution in [0, 0.1) is 0 Å². The molecule has 0 saturated carbocycles. The number of carbonyl (C=O) groups is 2. The first-order valence-corrected chi connectivity index (χ1v) is 9.94. The molecule has 1 aromatic carbocycles. The number of rotatable bonds is 6. The lowest BCUT2D eigenvalue weighted by Crippen LogP contribution is -2.32. The molecular weight excluding hydrogens is 358 g/mol. The highest BCUT2D eigenvalue weighted by molar-refractivity contribution is 7.11. The summed E-state index contributed by atoms with van der Waals surface area (Å²) in [5.74, 6) is -0.592. The van der Waals surface area contributed by atoms with Gasteiger partial charge in [0, 0.05) is 35.9 Å². The van der Waals surface area contributed by atoms with Crippen molar-refractivity contribution in [2.45, 2.75) is 12.8 Å². The fourth-order valence-corrected chi connectivity index (χ4v) is 4.28. The fraction of sp³-hybridized carbons (Fsp3) is 0.238.